The van der Waals surface area contributed by atoms with Crippen LogP contribution >= 0.6 is 15.9 Å². The van der Waals surface area contributed by atoms with Crippen LogP contribution in [0.15, 0.2) is 83.3 Å². The number of carbonyl (C=O) groups excluding carboxylic acids is 2. The minimum atomic E-state index is -3.61. The second-order valence-electron chi connectivity index (χ2n) is 10.2. The molecule has 0 heterocycles. The van der Waals surface area contributed by atoms with Crippen molar-refractivity contribution in [3.05, 3.63) is 94.5 Å². The first kappa shape index (κ1) is 32.1. The van der Waals surface area contributed by atoms with E-state index in [1.807, 2.05) is 68.4 Å². The molecule has 0 aromatic heterocycles. The number of anilines is 1. The molecule has 1 N–H and O–H groups in total. The Hall–Kier alpha value is -3.37. The van der Waals surface area contributed by atoms with Gasteiger partial charge in [0.25, 0.3) is 0 Å². The van der Waals surface area contributed by atoms with Crippen molar-refractivity contribution in [2.75, 3.05) is 24.2 Å². The molecule has 3 rings (SSSR count). The molecule has 0 fully saturated rings. The molecule has 0 radical (unpaired) electrons. The second-order valence-corrected chi connectivity index (χ2v) is 13.0. The topological polar surface area (TPSA) is 96.0 Å². The highest BCUT2D eigenvalue weighted by Crippen LogP contribution is 2.24. The van der Waals surface area contributed by atoms with Crippen LogP contribution < -0.4 is 14.4 Å². The van der Waals surface area contributed by atoms with Crippen molar-refractivity contribution in [2.24, 2.45) is 0 Å². The SMILES string of the molecule is COc1cccc(N(CCCC(=O)N(Cc2ccc(Br)cc2)[C@@H](Cc2ccccc2)C(=O)NC(C)C)S(C)(=O)=O)c1. The zero-order chi connectivity index (χ0) is 30.0. The third kappa shape index (κ3) is 9.89. The maximum absolute atomic E-state index is 13.9. The number of benzene rings is 3. The first-order valence-corrected chi connectivity index (χ1v) is 16.1. The Labute approximate surface area is 251 Å². The summed E-state index contributed by atoms with van der Waals surface area (Å²) in [5.41, 5.74) is 2.28. The van der Waals surface area contributed by atoms with Crippen LogP contribution in [0.1, 0.15) is 37.8 Å². The van der Waals surface area contributed by atoms with Gasteiger partial charge in [0, 0.05) is 42.5 Å². The Balaban J connectivity index is 1.88. The number of methoxy groups -OCH3 is 1. The van der Waals surface area contributed by atoms with E-state index in [4.69, 9.17) is 4.74 Å². The van der Waals surface area contributed by atoms with Crippen LogP contribution in [0, 0.1) is 0 Å². The number of sulfonamides is 1. The van der Waals surface area contributed by atoms with Gasteiger partial charge in [-0.1, -0.05) is 64.5 Å². The Morgan fingerprint density at radius 3 is 2.24 bits per heavy atom. The molecule has 0 aliphatic rings. The van der Waals surface area contributed by atoms with Crippen molar-refractivity contribution in [3.63, 3.8) is 0 Å². The van der Waals surface area contributed by atoms with Crippen molar-refractivity contribution >= 4 is 43.5 Å². The van der Waals surface area contributed by atoms with Crippen LogP contribution in [-0.4, -0.2) is 57.1 Å². The summed E-state index contributed by atoms with van der Waals surface area (Å²) in [6, 6.07) is 23.2. The van der Waals surface area contributed by atoms with Crippen molar-refractivity contribution in [1.29, 1.82) is 0 Å². The number of hydrogen-bond acceptors (Lipinski definition) is 5. The van der Waals surface area contributed by atoms with Crippen LogP contribution in [0.2, 0.25) is 0 Å². The lowest BCUT2D eigenvalue weighted by atomic mass is 10.0. The number of rotatable bonds is 14. The highest BCUT2D eigenvalue weighted by Gasteiger charge is 2.31. The van der Waals surface area contributed by atoms with Gasteiger partial charge in [0.15, 0.2) is 0 Å². The predicted molar refractivity (Wildman–Crippen MR) is 166 cm³/mol. The molecule has 41 heavy (non-hydrogen) atoms. The Bertz CT molecular complexity index is 1400. The third-order valence-corrected chi connectivity index (χ3v) is 8.18. The molecule has 0 saturated heterocycles. The average Bonchev–Trinajstić information content (AvgIpc) is 2.93. The smallest absolute Gasteiger partial charge is 0.243 e. The molecule has 220 valence electrons. The number of ether oxygens (including phenoxy) is 1. The molecule has 8 nitrogen and oxygen atoms in total. The summed E-state index contributed by atoms with van der Waals surface area (Å²) in [5, 5.41) is 2.98. The number of hydrogen-bond donors (Lipinski definition) is 1. The zero-order valence-electron chi connectivity index (χ0n) is 23.9. The fourth-order valence-electron chi connectivity index (χ4n) is 4.49. The van der Waals surface area contributed by atoms with Gasteiger partial charge in [-0.2, -0.15) is 0 Å². The van der Waals surface area contributed by atoms with E-state index in [0.717, 1.165) is 21.9 Å². The van der Waals surface area contributed by atoms with Crippen molar-refractivity contribution in [1.82, 2.24) is 10.2 Å². The molecule has 0 aliphatic heterocycles. The van der Waals surface area contributed by atoms with Gasteiger partial charge in [-0.05, 0) is 55.7 Å². The summed E-state index contributed by atoms with van der Waals surface area (Å²) >= 11 is 3.45. The number of nitrogens with zero attached hydrogens (tertiary/aromatic N) is 2. The van der Waals surface area contributed by atoms with Crippen molar-refractivity contribution in [2.45, 2.75) is 51.7 Å². The van der Waals surface area contributed by atoms with Gasteiger partial charge in [0.1, 0.15) is 11.8 Å². The van der Waals surface area contributed by atoms with E-state index in [9.17, 15) is 18.0 Å². The number of amides is 2. The molecule has 2 amide bonds. The van der Waals surface area contributed by atoms with Crippen molar-refractivity contribution in [3.8, 4) is 5.75 Å². The summed E-state index contributed by atoms with van der Waals surface area (Å²) in [5.74, 6) is 0.0723. The average molecular weight is 645 g/mol. The maximum atomic E-state index is 13.9. The number of nitrogens with one attached hydrogen (secondary N) is 1. The van der Waals surface area contributed by atoms with Gasteiger partial charge in [-0.15, -0.1) is 0 Å². The lowest BCUT2D eigenvalue weighted by Gasteiger charge is -2.32. The maximum Gasteiger partial charge on any atom is 0.243 e. The van der Waals surface area contributed by atoms with Gasteiger partial charge in [-0.3, -0.25) is 13.9 Å². The molecule has 1 atom stereocenters. The monoisotopic (exact) mass is 643 g/mol. The molecule has 10 heteroatoms. The zero-order valence-corrected chi connectivity index (χ0v) is 26.3. The second kappa shape index (κ2) is 15.0. The van der Waals surface area contributed by atoms with Crippen LogP contribution in [-0.2, 0) is 32.6 Å². The van der Waals surface area contributed by atoms with Crippen LogP contribution in [0.25, 0.3) is 0 Å². The van der Waals surface area contributed by atoms with Crippen molar-refractivity contribution < 1.29 is 22.7 Å². The molecule has 0 spiro atoms. The highest BCUT2D eigenvalue weighted by molar-refractivity contribution is 9.10. The van der Waals surface area contributed by atoms with Gasteiger partial charge in [0.05, 0.1) is 19.1 Å². The Morgan fingerprint density at radius 1 is 0.951 bits per heavy atom. The van der Waals surface area contributed by atoms with Gasteiger partial charge < -0.3 is 15.0 Å². The quantitative estimate of drug-likeness (QED) is 0.262. The van der Waals surface area contributed by atoms with E-state index < -0.39 is 16.1 Å². The van der Waals surface area contributed by atoms with Crippen LogP contribution in [0.3, 0.4) is 0 Å². The summed E-state index contributed by atoms with van der Waals surface area (Å²) < 4.78 is 32.7. The number of carbonyl (C=O) groups is 2. The molecule has 0 unspecified atom stereocenters. The molecular formula is C31H38BrN3O5S. The molecule has 0 saturated carbocycles. The van der Waals surface area contributed by atoms with E-state index in [2.05, 4.69) is 21.2 Å². The Morgan fingerprint density at radius 2 is 1.63 bits per heavy atom. The van der Waals surface area contributed by atoms with E-state index in [-0.39, 0.29) is 43.8 Å². The first-order valence-electron chi connectivity index (χ1n) is 13.5. The van der Waals surface area contributed by atoms with E-state index >= 15 is 0 Å². The molecule has 3 aromatic rings. The normalized spacial score (nSPS) is 12.0. The minimum absolute atomic E-state index is 0.0623. The Kier molecular flexibility index (Phi) is 11.8. The minimum Gasteiger partial charge on any atom is -0.497 e. The van der Waals surface area contributed by atoms with E-state index in [1.165, 1.54) is 11.4 Å². The molecular weight excluding hydrogens is 606 g/mol. The number of halogens is 1. The van der Waals surface area contributed by atoms with Crippen LogP contribution in [0.5, 0.6) is 5.75 Å². The third-order valence-electron chi connectivity index (χ3n) is 6.46. The molecule has 0 bridgehead atoms. The fraction of sp³-hybridized carbons (Fsp3) is 0.355. The largest absolute Gasteiger partial charge is 0.497 e. The summed E-state index contributed by atoms with van der Waals surface area (Å²) in [6.45, 7) is 4.11. The standard InChI is InChI=1S/C31H38BrN3O5S/c1-23(2)33-31(37)29(20-24-10-6-5-7-11-24)34(22-25-15-17-26(32)18-16-25)30(36)14-9-19-35(41(4,38)39)27-12-8-13-28(21-27)40-3/h5-8,10-13,15-18,21,23,29H,9,14,19-20,22H2,1-4H3,(H,33,37)/t29-/m0/s1. The van der Waals surface area contributed by atoms with Gasteiger partial charge in [0.2, 0.25) is 21.8 Å². The highest BCUT2D eigenvalue weighted by atomic mass is 79.9. The summed E-state index contributed by atoms with van der Waals surface area (Å²) in [7, 11) is -2.10. The van der Waals surface area contributed by atoms with Crippen LogP contribution in [0.4, 0.5) is 5.69 Å². The predicted octanol–water partition coefficient (Wildman–Crippen LogP) is 5.17. The molecule has 3 aromatic carbocycles. The van der Waals surface area contributed by atoms with Gasteiger partial charge in [-0.25, -0.2) is 8.42 Å². The van der Waals surface area contributed by atoms with E-state index in [1.54, 1.807) is 29.2 Å². The first-order chi connectivity index (χ1) is 19.5. The fourth-order valence-corrected chi connectivity index (χ4v) is 5.71. The lowest BCUT2D eigenvalue weighted by molar-refractivity contribution is -0.141. The lowest BCUT2D eigenvalue weighted by Crippen LogP contribution is -2.51. The molecule has 0 aliphatic carbocycles. The van der Waals surface area contributed by atoms with E-state index in [0.29, 0.717) is 17.9 Å². The summed E-state index contributed by atoms with van der Waals surface area (Å²) in [4.78, 5) is 29.0. The summed E-state index contributed by atoms with van der Waals surface area (Å²) in [6.07, 6.45) is 1.82. The van der Waals surface area contributed by atoms with Gasteiger partial charge >= 0.3 is 0 Å².